The second kappa shape index (κ2) is 5.99. The molecule has 96 valence electrons. The molecule has 0 saturated carbocycles. The molecule has 0 bridgehead atoms. The third-order valence-corrected chi connectivity index (χ3v) is 3.95. The molecule has 1 heterocycles. The molecule has 2 atom stereocenters. The van der Waals surface area contributed by atoms with E-state index in [1.807, 2.05) is 6.92 Å². The van der Waals surface area contributed by atoms with Crippen LogP contribution in [-0.4, -0.2) is 59.3 Å². The summed E-state index contributed by atoms with van der Waals surface area (Å²) in [5.41, 5.74) is -0.515. The number of nitrogens with zero attached hydrogens (tertiary/aromatic N) is 2. The Kier molecular flexibility index (Phi) is 5.22. The van der Waals surface area contributed by atoms with Gasteiger partial charge in [-0.3, -0.25) is 9.80 Å². The van der Waals surface area contributed by atoms with Crippen molar-refractivity contribution in [2.75, 3.05) is 32.7 Å². The van der Waals surface area contributed by atoms with Gasteiger partial charge in [-0.05, 0) is 26.7 Å². The van der Waals surface area contributed by atoms with Crippen LogP contribution in [0.15, 0.2) is 0 Å². The van der Waals surface area contributed by atoms with Crippen molar-refractivity contribution in [1.82, 2.24) is 9.80 Å². The Bertz CT molecular complexity index is 198. The summed E-state index contributed by atoms with van der Waals surface area (Å²) in [5, 5.41) is 10.0. The van der Waals surface area contributed by atoms with Gasteiger partial charge in [-0.2, -0.15) is 0 Å². The Hall–Kier alpha value is -0.120. The van der Waals surface area contributed by atoms with Gasteiger partial charge in [-0.15, -0.1) is 0 Å². The van der Waals surface area contributed by atoms with Crippen molar-refractivity contribution in [3.63, 3.8) is 0 Å². The summed E-state index contributed by atoms with van der Waals surface area (Å²) in [6.07, 6.45) is 2.06. The fourth-order valence-electron chi connectivity index (χ4n) is 2.21. The van der Waals surface area contributed by atoms with E-state index in [4.69, 9.17) is 0 Å². The zero-order valence-electron chi connectivity index (χ0n) is 11.4. The number of β-amino-alcohol motifs (C(OH)–C–C–N with tert-alkyl or cyclic N) is 1. The van der Waals surface area contributed by atoms with E-state index in [0.29, 0.717) is 6.04 Å². The highest BCUT2D eigenvalue weighted by molar-refractivity contribution is 4.81. The Morgan fingerprint density at radius 1 is 1.19 bits per heavy atom. The monoisotopic (exact) mass is 228 g/mol. The second-order valence-electron chi connectivity index (χ2n) is 5.42. The van der Waals surface area contributed by atoms with Crippen LogP contribution >= 0.6 is 0 Å². The van der Waals surface area contributed by atoms with Crippen molar-refractivity contribution < 1.29 is 5.11 Å². The second-order valence-corrected chi connectivity index (χ2v) is 5.42. The maximum atomic E-state index is 10.0. The predicted molar refractivity (Wildman–Crippen MR) is 68.7 cm³/mol. The fourth-order valence-corrected chi connectivity index (χ4v) is 2.21. The molecule has 0 aliphatic carbocycles. The normalized spacial score (nSPS) is 25.3. The molecule has 16 heavy (non-hydrogen) atoms. The number of aliphatic hydroxyl groups is 1. The maximum Gasteiger partial charge on any atom is 0.0743 e. The van der Waals surface area contributed by atoms with Crippen LogP contribution in [0.3, 0.4) is 0 Å². The van der Waals surface area contributed by atoms with Gasteiger partial charge in [0.1, 0.15) is 0 Å². The molecule has 0 aromatic rings. The van der Waals surface area contributed by atoms with Crippen LogP contribution in [0, 0.1) is 0 Å². The molecule has 1 fully saturated rings. The van der Waals surface area contributed by atoms with Crippen LogP contribution in [0.4, 0.5) is 0 Å². The maximum absolute atomic E-state index is 10.0. The minimum Gasteiger partial charge on any atom is -0.389 e. The summed E-state index contributed by atoms with van der Waals surface area (Å²) in [6.45, 7) is 13.8. The molecular weight excluding hydrogens is 200 g/mol. The minimum atomic E-state index is -0.515. The van der Waals surface area contributed by atoms with Crippen molar-refractivity contribution in [1.29, 1.82) is 0 Å². The van der Waals surface area contributed by atoms with Gasteiger partial charge in [-0.1, -0.05) is 13.8 Å². The summed E-state index contributed by atoms with van der Waals surface area (Å²) in [7, 11) is 0. The van der Waals surface area contributed by atoms with Crippen LogP contribution < -0.4 is 0 Å². The van der Waals surface area contributed by atoms with Crippen LogP contribution in [0.1, 0.15) is 40.5 Å². The van der Waals surface area contributed by atoms with Gasteiger partial charge in [0.15, 0.2) is 0 Å². The minimum absolute atomic E-state index is 0.515. The Labute approximate surface area is 100 Å². The average Bonchev–Trinajstić information content (AvgIpc) is 2.28. The standard InChI is InChI=1S/C13H28N2O/c1-5-12(3)15-9-7-14(8-10-15)11-13(4,16)6-2/h12,16H,5-11H2,1-4H3. The van der Waals surface area contributed by atoms with Crippen LogP contribution in [0.2, 0.25) is 0 Å². The first-order valence-electron chi connectivity index (χ1n) is 6.67. The van der Waals surface area contributed by atoms with Gasteiger partial charge >= 0.3 is 0 Å². The lowest BCUT2D eigenvalue weighted by Crippen LogP contribution is -2.52. The van der Waals surface area contributed by atoms with E-state index in [9.17, 15) is 5.11 Å². The molecule has 1 saturated heterocycles. The molecule has 0 aromatic carbocycles. The van der Waals surface area contributed by atoms with Gasteiger partial charge in [0, 0.05) is 38.8 Å². The molecule has 1 rings (SSSR count). The van der Waals surface area contributed by atoms with Crippen molar-refractivity contribution in [3.05, 3.63) is 0 Å². The molecule has 3 heteroatoms. The first-order chi connectivity index (χ1) is 7.48. The van der Waals surface area contributed by atoms with E-state index >= 15 is 0 Å². The lowest BCUT2D eigenvalue weighted by Gasteiger charge is -2.40. The summed E-state index contributed by atoms with van der Waals surface area (Å²) < 4.78 is 0. The molecule has 0 radical (unpaired) electrons. The topological polar surface area (TPSA) is 26.7 Å². The smallest absolute Gasteiger partial charge is 0.0743 e. The summed E-state index contributed by atoms with van der Waals surface area (Å²) in [5.74, 6) is 0. The lowest BCUT2D eigenvalue weighted by atomic mass is 10.0. The zero-order chi connectivity index (χ0) is 12.2. The highest BCUT2D eigenvalue weighted by atomic mass is 16.3. The third-order valence-electron chi connectivity index (χ3n) is 3.95. The molecule has 3 nitrogen and oxygen atoms in total. The molecule has 0 spiro atoms. The van der Waals surface area contributed by atoms with Crippen molar-refractivity contribution in [3.8, 4) is 0 Å². The van der Waals surface area contributed by atoms with E-state index < -0.39 is 5.60 Å². The van der Waals surface area contributed by atoms with E-state index in [1.165, 1.54) is 6.42 Å². The highest BCUT2D eigenvalue weighted by Gasteiger charge is 2.25. The van der Waals surface area contributed by atoms with Gasteiger partial charge in [0.2, 0.25) is 0 Å². The van der Waals surface area contributed by atoms with Crippen molar-refractivity contribution >= 4 is 0 Å². The van der Waals surface area contributed by atoms with Crippen molar-refractivity contribution in [2.45, 2.75) is 52.2 Å². The summed E-state index contributed by atoms with van der Waals surface area (Å²) >= 11 is 0. The van der Waals surface area contributed by atoms with Gasteiger partial charge in [0.05, 0.1) is 5.60 Å². The number of hydrogen-bond donors (Lipinski definition) is 1. The zero-order valence-corrected chi connectivity index (χ0v) is 11.4. The van der Waals surface area contributed by atoms with Gasteiger partial charge in [-0.25, -0.2) is 0 Å². The predicted octanol–water partition coefficient (Wildman–Crippen LogP) is 1.56. The van der Waals surface area contributed by atoms with Crippen LogP contribution in [-0.2, 0) is 0 Å². The van der Waals surface area contributed by atoms with Crippen LogP contribution in [0.5, 0.6) is 0 Å². The first-order valence-corrected chi connectivity index (χ1v) is 6.67. The Morgan fingerprint density at radius 3 is 2.19 bits per heavy atom. The van der Waals surface area contributed by atoms with E-state index in [1.54, 1.807) is 0 Å². The Morgan fingerprint density at radius 2 is 1.75 bits per heavy atom. The van der Waals surface area contributed by atoms with Crippen molar-refractivity contribution in [2.24, 2.45) is 0 Å². The largest absolute Gasteiger partial charge is 0.389 e. The third kappa shape index (κ3) is 4.04. The fraction of sp³-hybridized carbons (Fsp3) is 1.00. The van der Waals surface area contributed by atoms with Crippen LogP contribution in [0.25, 0.3) is 0 Å². The molecule has 0 aromatic heterocycles. The summed E-state index contributed by atoms with van der Waals surface area (Å²) in [6, 6.07) is 0.703. The van der Waals surface area contributed by atoms with Gasteiger partial charge in [0.25, 0.3) is 0 Å². The highest BCUT2D eigenvalue weighted by Crippen LogP contribution is 2.14. The molecule has 2 unspecified atom stereocenters. The summed E-state index contributed by atoms with van der Waals surface area (Å²) in [4.78, 5) is 4.94. The number of rotatable bonds is 5. The number of hydrogen-bond acceptors (Lipinski definition) is 3. The molecule has 0 amide bonds. The van der Waals surface area contributed by atoms with E-state index in [0.717, 1.165) is 39.1 Å². The molecule has 1 aliphatic rings. The lowest BCUT2D eigenvalue weighted by molar-refractivity contribution is -0.00295. The van der Waals surface area contributed by atoms with E-state index in [2.05, 4.69) is 30.6 Å². The number of piperazine rings is 1. The van der Waals surface area contributed by atoms with Gasteiger partial charge < -0.3 is 5.11 Å². The molecule has 1 aliphatic heterocycles. The van der Waals surface area contributed by atoms with E-state index in [-0.39, 0.29) is 0 Å². The quantitative estimate of drug-likeness (QED) is 0.773. The Balaban J connectivity index is 2.32. The molecule has 1 N–H and O–H groups in total. The first kappa shape index (κ1) is 13.9. The average molecular weight is 228 g/mol. The SMILES string of the molecule is CCC(C)N1CCN(CC(C)(O)CC)CC1. The molecular formula is C13H28N2O.